The van der Waals surface area contributed by atoms with E-state index in [1.807, 2.05) is 0 Å². The van der Waals surface area contributed by atoms with Crippen LogP contribution < -0.4 is 10.6 Å². The molecule has 2 amide bonds. The van der Waals surface area contributed by atoms with Crippen molar-refractivity contribution in [2.24, 2.45) is 0 Å². The Labute approximate surface area is 218 Å². The van der Waals surface area contributed by atoms with E-state index in [4.69, 9.17) is 0 Å². The average Bonchev–Trinajstić information content (AvgIpc) is 3.26. The SMILES string of the molecule is O=C(CSc1nnc(SCC(=O)Nc2ccc(SC(F)F)cc2)s1)Nc1ccc(SC(F)F)cc1. The molecule has 0 radical (unpaired) electrons. The number of carbonyl (C=O) groups excluding carboxylic acids is 2. The summed E-state index contributed by atoms with van der Waals surface area (Å²) in [5.41, 5.74) is 0.993. The van der Waals surface area contributed by atoms with E-state index in [1.54, 1.807) is 24.3 Å². The Hall–Kier alpha value is -1.94. The number of hydrogen-bond donors (Lipinski definition) is 2. The molecule has 6 nitrogen and oxygen atoms in total. The van der Waals surface area contributed by atoms with Crippen LogP contribution in [-0.4, -0.2) is 45.0 Å². The molecule has 0 aliphatic rings. The van der Waals surface area contributed by atoms with E-state index in [9.17, 15) is 27.2 Å². The molecule has 0 atom stereocenters. The van der Waals surface area contributed by atoms with Crippen LogP contribution in [0.3, 0.4) is 0 Å². The molecule has 2 aromatic carbocycles. The molecule has 2 N–H and O–H groups in total. The lowest BCUT2D eigenvalue weighted by atomic mass is 10.3. The van der Waals surface area contributed by atoms with Gasteiger partial charge in [0.1, 0.15) is 0 Å². The van der Waals surface area contributed by atoms with Crippen LogP contribution in [0.5, 0.6) is 0 Å². The normalized spacial score (nSPS) is 11.1. The molecule has 0 aliphatic carbocycles. The van der Waals surface area contributed by atoms with Crippen LogP contribution in [0.25, 0.3) is 0 Å². The predicted molar refractivity (Wildman–Crippen MR) is 135 cm³/mol. The van der Waals surface area contributed by atoms with Gasteiger partial charge in [0, 0.05) is 21.2 Å². The maximum atomic E-state index is 12.4. The highest BCUT2D eigenvalue weighted by molar-refractivity contribution is 8.03. The average molecular weight is 581 g/mol. The Morgan fingerprint density at radius 3 is 1.43 bits per heavy atom. The third kappa shape index (κ3) is 10.3. The molecule has 186 valence electrons. The van der Waals surface area contributed by atoms with Gasteiger partial charge in [0.05, 0.1) is 11.5 Å². The number of benzene rings is 2. The van der Waals surface area contributed by atoms with Gasteiger partial charge in [-0.2, -0.15) is 17.6 Å². The van der Waals surface area contributed by atoms with Crippen molar-refractivity contribution >= 4 is 81.6 Å². The minimum Gasteiger partial charge on any atom is -0.325 e. The van der Waals surface area contributed by atoms with Crippen LogP contribution in [0.4, 0.5) is 28.9 Å². The second-order valence-electron chi connectivity index (χ2n) is 6.31. The number of amides is 2. The maximum Gasteiger partial charge on any atom is 0.288 e. The first kappa shape index (κ1) is 27.6. The lowest BCUT2D eigenvalue weighted by Crippen LogP contribution is -2.13. The zero-order valence-corrected chi connectivity index (χ0v) is 21.5. The summed E-state index contributed by atoms with van der Waals surface area (Å²) in [4.78, 5) is 25.0. The van der Waals surface area contributed by atoms with Gasteiger partial charge in [-0.3, -0.25) is 9.59 Å². The summed E-state index contributed by atoms with van der Waals surface area (Å²) in [5, 5.41) is 13.3. The third-order valence-corrected chi connectivity index (χ3v) is 8.40. The lowest BCUT2D eigenvalue weighted by molar-refractivity contribution is -0.114. The highest BCUT2D eigenvalue weighted by atomic mass is 32.2. The van der Waals surface area contributed by atoms with Crippen molar-refractivity contribution in [2.45, 2.75) is 30.0 Å². The molecule has 0 fully saturated rings. The van der Waals surface area contributed by atoms with Gasteiger partial charge in [0.15, 0.2) is 8.68 Å². The van der Waals surface area contributed by atoms with Gasteiger partial charge in [-0.25, -0.2) is 0 Å². The number of nitrogens with zero attached hydrogens (tertiary/aromatic N) is 2. The number of halogens is 4. The monoisotopic (exact) mass is 580 g/mol. The van der Waals surface area contributed by atoms with Gasteiger partial charge in [-0.1, -0.05) is 58.4 Å². The number of aromatic nitrogens is 2. The number of anilines is 2. The number of carbonyl (C=O) groups is 2. The van der Waals surface area contributed by atoms with E-state index in [2.05, 4.69) is 20.8 Å². The molecule has 3 rings (SSSR count). The minimum absolute atomic E-state index is 0.0765. The summed E-state index contributed by atoms with van der Waals surface area (Å²) in [6, 6.07) is 12.2. The summed E-state index contributed by atoms with van der Waals surface area (Å²) in [6.45, 7) is 0. The molecule has 1 heterocycles. The third-order valence-electron chi connectivity index (χ3n) is 3.77. The first-order valence-electron chi connectivity index (χ1n) is 9.55. The van der Waals surface area contributed by atoms with E-state index in [0.29, 0.717) is 53.4 Å². The maximum absolute atomic E-state index is 12.4. The van der Waals surface area contributed by atoms with Gasteiger partial charge < -0.3 is 10.6 Å². The summed E-state index contributed by atoms with van der Waals surface area (Å²) in [5.74, 6) is -5.43. The number of nitrogens with one attached hydrogen (secondary N) is 2. The Balaban J connectivity index is 1.38. The molecule has 35 heavy (non-hydrogen) atoms. The van der Waals surface area contributed by atoms with Crippen LogP contribution in [-0.2, 0) is 9.59 Å². The molecule has 0 saturated carbocycles. The van der Waals surface area contributed by atoms with Crippen molar-refractivity contribution in [1.29, 1.82) is 0 Å². The van der Waals surface area contributed by atoms with Crippen molar-refractivity contribution in [1.82, 2.24) is 10.2 Å². The Kier molecular flexibility index (Phi) is 11.0. The van der Waals surface area contributed by atoms with Crippen molar-refractivity contribution in [3.63, 3.8) is 0 Å². The molecule has 3 aromatic rings. The molecular formula is C20H16F4N4O2S5. The summed E-state index contributed by atoms with van der Waals surface area (Å²) in [6.07, 6.45) is 0. The first-order valence-corrected chi connectivity index (χ1v) is 14.1. The van der Waals surface area contributed by atoms with Gasteiger partial charge in [-0.05, 0) is 48.5 Å². The predicted octanol–water partition coefficient (Wildman–Crippen LogP) is 6.63. The van der Waals surface area contributed by atoms with E-state index in [-0.39, 0.29) is 23.3 Å². The molecular weight excluding hydrogens is 565 g/mol. The highest BCUT2D eigenvalue weighted by Gasteiger charge is 2.12. The second-order valence-corrected chi connectivity index (χ2v) is 11.9. The van der Waals surface area contributed by atoms with Crippen molar-refractivity contribution in [2.75, 3.05) is 22.1 Å². The van der Waals surface area contributed by atoms with E-state index in [1.165, 1.54) is 59.1 Å². The zero-order chi connectivity index (χ0) is 25.2. The number of thioether (sulfide) groups is 4. The smallest absolute Gasteiger partial charge is 0.288 e. The standard InChI is InChI=1S/C20H16F4N4O2S5/c21-17(22)33-13-5-1-11(2-6-13)25-15(29)9-31-19-27-28-20(35-19)32-10-16(30)26-12-3-7-14(8-4-12)34-18(23)24/h1-8,17-18H,9-10H2,(H,25,29)(H,26,30). The van der Waals surface area contributed by atoms with E-state index >= 15 is 0 Å². The van der Waals surface area contributed by atoms with Crippen molar-refractivity contribution in [3.05, 3.63) is 48.5 Å². The van der Waals surface area contributed by atoms with Crippen LogP contribution in [0, 0.1) is 0 Å². The summed E-state index contributed by atoms with van der Waals surface area (Å²) >= 11 is 4.46. The molecule has 1 aromatic heterocycles. The van der Waals surface area contributed by atoms with E-state index < -0.39 is 11.5 Å². The molecule has 0 saturated heterocycles. The van der Waals surface area contributed by atoms with Gasteiger partial charge in [0.2, 0.25) is 11.8 Å². The van der Waals surface area contributed by atoms with Crippen LogP contribution >= 0.6 is 58.4 Å². The largest absolute Gasteiger partial charge is 0.325 e. The van der Waals surface area contributed by atoms with Gasteiger partial charge in [-0.15, -0.1) is 10.2 Å². The molecule has 15 heteroatoms. The Morgan fingerprint density at radius 1 is 0.714 bits per heavy atom. The minimum atomic E-state index is -2.50. The van der Waals surface area contributed by atoms with Crippen LogP contribution in [0.15, 0.2) is 67.0 Å². The molecule has 0 unspecified atom stereocenters. The molecule has 0 aliphatic heterocycles. The Bertz CT molecular complexity index is 1030. The van der Waals surface area contributed by atoms with Crippen LogP contribution in [0.1, 0.15) is 0 Å². The van der Waals surface area contributed by atoms with Crippen LogP contribution in [0.2, 0.25) is 0 Å². The number of alkyl halides is 4. The second kappa shape index (κ2) is 14.0. The summed E-state index contributed by atoms with van der Waals surface area (Å²) < 4.78 is 50.5. The molecule has 0 bridgehead atoms. The summed E-state index contributed by atoms with van der Waals surface area (Å²) in [7, 11) is 0. The van der Waals surface area contributed by atoms with Crippen molar-refractivity contribution in [3.8, 4) is 0 Å². The lowest BCUT2D eigenvalue weighted by Gasteiger charge is -2.05. The Morgan fingerprint density at radius 2 is 1.09 bits per heavy atom. The fourth-order valence-corrected chi connectivity index (χ4v) is 6.02. The number of rotatable bonds is 12. The highest BCUT2D eigenvalue weighted by Crippen LogP contribution is 2.30. The fourth-order valence-electron chi connectivity index (χ4n) is 2.40. The van der Waals surface area contributed by atoms with Gasteiger partial charge in [0.25, 0.3) is 11.5 Å². The quantitative estimate of drug-likeness (QED) is 0.183. The molecule has 0 spiro atoms. The first-order chi connectivity index (χ1) is 16.8. The fraction of sp³-hybridized carbons (Fsp3) is 0.200. The van der Waals surface area contributed by atoms with Gasteiger partial charge >= 0.3 is 0 Å². The van der Waals surface area contributed by atoms with Crippen molar-refractivity contribution < 1.29 is 27.2 Å². The number of hydrogen-bond acceptors (Lipinski definition) is 9. The van der Waals surface area contributed by atoms with E-state index in [0.717, 1.165) is 0 Å². The zero-order valence-electron chi connectivity index (χ0n) is 17.5. The topological polar surface area (TPSA) is 84.0 Å².